The van der Waals surface area contributed by atoms with Gasteiger partial charge in [-0.3, -0.25) is 4.99 Å². The van der Waals surface area contributed by atoms with E-state index in [2.05, 4.69) is 50.3 Å². The van der Waals surface area contributed by atoms with E-state index in [0.29, 0.717) is 6.04 Å². The third-order valence-corrected chi connectivity index (χ3v) is 4.39. The van der Waals surface area contributed by atoms with Crippen LogP contribution in [-0.4, -0.2) is 35.1 Å². The minimum absolute atomic E-state index is 0.585. The first-order valence-electron chi connectivity index (χ1n) is 8.17. The van der Waals surface area contributed by atoms with Crippen molar-refractivity contribution in [2.45, 2.75) is 45.2 Å². The van der Waals surface area contributed by atoms with Crippen molar-refractivity contribution in [3.63, 3.8) is 0 Å². The van der Waals surface area contributed by atoms with Crippen molar-refractivity contribution in [1.29, 1.82) is 0 Å². The molecule has 0 unspecified atom stereocenters. The fourth-order valence-electron chi connectivity index (χ4n) is 3.22. The minimum atomic E-state index is 0.585. The molecule has 1 heterocycles. The van der Waals surface area contributed by atoms with Gasteiger partial charge in [-0.1, -0.05) is 25.0 Å². The lowest BCUT2D eigenvalue weighted by Gasteiger charge is -2.17. The molecule has 0 amide bonds. The van der Waals surface area contributed by atoms with Gasteiger partial charge in [-0.25, -0.2) is 4.98 Å². The molecule has 1 saturated carbocycles. The van der Waals surface area contributed by atoms with Gasteiger partial charge in [-0.05, 0) is 31.9 Å². The van der Waals surface area contributed by atoms with Gasteiger partial charge in [0.05, 0.1) is 11.0 Å². The average molecular weight is 299 g/mol. The van der Waals surface area contributed by atoms with Crippen molar-refractivity contribution in [2.75, 3.05) is 13.6 Å². The van der Waals surface area contributed by atoms with Crippen LogP contribution >= 0.6 is 0 Å². The second kappa shape index (κ2) is 6.81. The molecule has 0 saturated heterocycles. The molecule has 2 aromatic rings. The number of hydrogen-bond donors (Lipinski definition) is 2. The number of aliphatic imine (C=N–C) groups is 1. The van der Waals surface area contributed by atoms with Gasteiger partial charge in [0.25, 0.3) is 0 Å². The molecule has 1 aliphatic carbocycles. The highest BCUT2D eigenvalue weighted by molar-refractivity contribution is 5.80. The van der Waals surface area contributed by atoms with Crippen LogP contribution in [0.1, 0.15) is 31.5 Å². The smallest absolute Gasteiger partial charge is 0.191 e. The quantitative estimate of drug-likeness (QED) is 0.673. The number of aromatic nitrogens is 2. The fraction of sp³-hybridized carbons (Fsp3) is 0.529. The number of fused-ring (bicyclic) bond motifs is 1. The predicted molar refractivity (Wildman–Crippen MR) is 91.2 cm³/mol. The van der Waals surface area contributed by atoms with Crippen LogP contribution in [0.4, 0.5) is 0 Å². The number of aryl methyl sites for hydroxylation is 1. The van der Waals surface area contributed by atoms with E-state index in [9.17, 15) is 0 Å². The summed E-state index contributed by atoms with van der Waals surface area (Å²) in [5.74, 6) is 1.97. The standard InChI is InChI=1S/C17H25N5/c1-13-20-15-9-5-6-10-16(15)22(13)12-11-19-17(18-2)21-14-7-3-4-8-14/h5-6,9-10,14H,3-4,7-8,11-12H2,1-2H3,(H2,18,19,21). The van der Waals surface area contributed by atoms with Gasteiger partial charge in [0.15, 0.2) is 5.96 Å². The zero-order valence-corrected chi connectivity index (χ0v) is 13.5. The van der Waals surface area contributed by atoms with Crippen LogP contribution in [-0.2, 0) is 6.54 Å². The SMILES string of the molecule is CN=C(NCCn1c(C)nc2ccccc21)NC1CCCC1. The van der Waals surface area contributed by atoms with Crippen LogP contribution in [0, 0.1) is 6.92 Å². The van der Waals surface area contributed by atoms with E-state index in [4.69, 9.17) is 0 Å². The molecule has 22 heavy (non-hydrogen) atoms. The molecule has 0 aliphatic heterocycles. The first-order valence-corrected chi connectivity index (χ1v) is 8.17. The normalized spacial score (nSPS) is 16.4. The maximum atomic E-state index is 4.60. The van der Waals surface area contributed by atoms with Crippen molar-refractivity contribution in [2.24, 2.45) is 4.99 Å². The van der Waals surface area contributed by atoms with E-state index in [-0.39, 0.29) is 0 Å². The van der Waals surface area contributed by atoms with Crippen LogP contribution in [0.25, 0.3) is 11.0 Å². The number of benzene rings is 1. The van der Waals surface area contributed by atoms with Crippen LogP contribution in [0.15, 0.2) is 29.3 Å². The lowest BCUT2D eigenvalue weighted by Crippen LogP contribution is -2.43. The number of guanidine groups is 1. The monoisotopic (exact) mass is 299 g/mol. The van der Waals surface area contributed by atoms with Crippen molar-refractivity contribution in [1.82, 2.24) is 20.2 Å². The Morgan fingerprint density at radius 1 is 1.32 bits per heavy atom. The molecule has 1 aromatic carbocycles. The Morgan fingerprint density at radius 2 is 2.09 bits per heavy atom. The Morgan fingerprint density at radius 3 is 2.86 bits per heavy atom. The van der Waals surface area contributed by atoms with Crippen molar-refractivity contribution in [3.8, 4) is 0 Å². The zero-order chi connectivity index (χ0) is 15.4. The molecule has 0 spiro atoms. The Kier molecular flexibility index (Phi) is 4.61. The highest BCUT2D eigenvalue weighted by atomic mass is 15.2. The van der Waals surface area contributed by atoms with Gasteiger partial charge in [0, 0.05) is 26.2 Å². The predicted octanol–water partition coefficient (Wildman–Crippen LogP) is 2.45. The summed E-state index contributed by atoms with van der Waals surface area (Å²) in [6.45, 7) is 3.79. The molecule has 2 N–H and O–H groups in total. The summed E-state index contributed by atoms with van der Waals surface area (Å²) in [6, 6.07) is 8.87. The van der Waals surface area contributed by atoms with E-state index in [0.717, 1.165) is 30.4 Å². The van der Waals surface area contributed by atoms with E-state index in [1.807, 2.05) is 13.1 Å². The molecular weight excluding hydrogens is 274 g/mol. The van der Waals surface area contributed by atoms with Crippen LogP contribution in [0.3, 0.4) is 0 Å². The molecule has 5 heteroatoms. The van der Waals surface area contributed by atoms with Gasteiger partial charge in [0.1, 0.15) is 5.82 Å². The first-order chi connectivity index (χ1) is 10.8. The summed E-state index contributed by atoms with van der Waals surface area (Å²) in [5, 5.41) is 6.93. The maximum Gasteiger partial charge on any atom is 0.191 e. The Labute approximate surface area is 131 Å². The number of hydrogen-bond acceptors (Lipinski definition) is 2. The lowest BCUT2D eigenvalue weighted by molar-refractivity contribution is 0.601. The van der Waals surface area contributed by atoms with Crippen molar-refractivity contribution >= 4 is 17.0 Å². The van der Waals surface area contributed by atoms with Gasteiger partial charge in [-0.2, -0.15) is 0 Å². The molecule has 5 nitrogen and oxygen atoms in total. The van der Waals surface area contributed by atoms with E-state index >= 15 is 0 Å². The third kappa shape index (κ3) is 3.24. The highest BCUT2D eigenvalue weighted by Gasteiger charge is 2.15. The van der Waals surface area contributed by atoms with E-state index in [1.165, 1.54) is 31.2 Å². The van der Waals surface area contributed by atoms with Gasteiger partial charge < -0.3 is 15.2 Å². The van der Waals surface area contributed by atoms with Crippen LogP contribution < -0.4 is 10.6 Å². The zero-order valence-electron chi connectivity index (χ0n) is 13.5. The molecule has 0 radical (unpaired) electrons. The van der Waals surface area contributed by atoms with Crippen LogP contribution in [0.2, 0.25) is 0 Å². The van der Waals surface area contributed by atoms with Gasteiger partial charge >= 0.3 is 0 Å². The molecule has 1 aromatic heterocycles. The van der Waals surface area contributed by atoms with Crippen molar-refractivity contribution in [3.05, 3.63) is 30.1 Å². The second-order valence-corrected chi connectivity index (χ2v) is 5.92. The molecule has 1 fully saturated rings. The fourth-order valence-corrected chi connectivity index (χ4v) is 3.22. The van der Waals surface area contributed by atoms with E-state index in [1.54, 1.807) is 0 Å². The summed E-state index contributed by atoms with van der Waals surface area (Å²) in [4.78, 5) is 8.93. The molecular formula is C17H25N5. The summed E-state index contributed by atoms with van der Waals surface area (Å²) in [6.07, 6.45) is 5.17. The highest BCUT2D eigenvalue weighted by Crippen LogP contribution is 2.17. The third-order valence-electron chi connectivity index (χ3n) is 4.39. The number of rotatable bonds is 4. The largest absolute Gasteiger partial charge is 0.355 e. The number of para-hydroxylation sites is 2. The lowest BCUT2D eigenvalue weighted by atomic mass is 10.2. The topological polar surface area (TPSA) is 54.2 Å². The van der Waals surface area contributed by atoms with Crippen LogP contribution in [0.5, 0.6) is 0 Å². The Balaban J connectivity index is 1.58. The molecule has 0 bridgehead atoms. The van der Waals surface area contributed by atoms with Crippen molar-refractivity contribution < 1.29 is 0 Å². The molecule has 3 rings (SSSR count). The van der Waals surface area contributed by atoms with E-state index < -0.39 is 0 Å². The minimum Gasteiger partial charge on any atom is -0.355 e. The second-order valence-electron chi connectivity index (χ2n) is 5.92. The number of imidazole rings is 1. The molecule has 1 aliphatic rings. The molecule has 0 atom stereocenters. The summed E-state index contributed by atoms with van der Waals surface area (Å²) in [5.41, 5.74) is 2.26. The number of nitrogens with one attached hydrogen (secondary N) is 2. The maximum absolute atomic E-state index is 4.60. The van der Waals surface area contributed by atoms with Gasteiger partial charge in [-0.15, -0.1) is 0 Å². The Bertz CT molecular complexity index is 652. The number of nitrogens with zero attached hydrogens (tertiary/aromatic N) is 3. The summed E-state index contributed by atoms with van der Waals surface area (Å²) >= 11 is 0. The average Bonchev–Trinajstić information content (AvgIpc) is 3.14. The summed E-state index contributed by atoms with van der Waals surface area (Å²) in [7, 11) is 1.84. The summed E-state index contributed by atoms with van der Waals surface area (Å²) < 4.78 is 2.26. The first kappa shape index (κ1) is 14.9. The Hall–Kier alpha value is -2.04. The van der Waals surface area contributed by atoms with Gasteiger partial charge in [0.2, 0.25) is 0 Å². The molecule has 118 valence electrons.